The van der Waals surface area contributed by atoms with Crippen LogP contribution in [0.5, 0.6) is 0 Å². The van der Waals surface area contributed by atoms with Crippen molar-refractivity contribution in [3.05, 3.63) is 70.3 Å². The minimum atomic E-state index is 0. The SMILES string of the molecule is Cc1ccccc1CC(=O)NCc1ccc2c(c1)CNC2.Cl. The number of fused-ring (bicyclic) bond motifs is 1. The van der Waals surface area contributed by atoms with E-state index in [9.17, 15) is 4.79 Å². The first-order chi connectivity index (χ1) is 10.2. The summed E-state index contributed by atoms with van der Waals surface area (Å²) in [5, 5.41) is 6.34. The van der Waals surface area contributed by atoms with E-state index in [1.165, 1.54) is 11.1 Å². The highest BCUT2D eigenvalue weighted by atomic mass is 35.5. The van der Waals surface area contributed by atoms with Crippen molar-refractivity contribution in [3.63, 3.8) is 0 Å². The van der Waals surface area contributed by atoms with Crippen LogP contribution in [0.15, 0.2) is 42.5 Å². The molecule has 0 radical (unpaired) electrons. The van der Waals surface area contributed by atoms with Crippen molar-refractivity contribution < 1.29 is 4.79 Å². The Labute approximate surface area is 137 Å². The number of carbonyl (C=O) groups is 1. The number of amides is 1. The molecule has 0 aliphatic carbocycles. The third kappa shape index (κ3) is 3.87. The molecule has 0 saturated heterocycles. The van der Waals surface area contributed by atoms with Crippen LogP contribution in [0, 0.1) is 6.92 Å². The molecule has 1 heterocycles. The summed E-state index contributed by atoms with van der Waals surface area (Å²) in [4.78, 5) is 12.0. The second kappa shape index (κ2) is 7.43. The molecule has 2 N–H and O–H groups in total. The lowest BCUT2D eigenvalue weighted by Crippen LogP contribution is -2.24. The Balaban J connectivity index is 0.00000176. The first-order valence-corrected chi connectivity index (χ1v) is 7.35. The zero-order chi connectivity index (χ0) is 14.7. The van der Waals surface area contributed by atoms with E-state index in [1.54, 1.807) is 0 Å². The van der Waals surface area contributed by atoms with E-state index in [1.807, 2.05) is 31.2 Å². The summed E-state index contributed by atoms with van der Waals surface area (Å²) in [6.07, 6.45) is 0.444. The average molecular weight is 317 g/mol. The quantitative estimate of drug-likeness (QED) is 0.910. The van der Waals surface area contributed by atoms with Crippen LogP contribution in [-0.4, -0.2) is 5.91 Å². The maximum absolute atomic E-state index is 12.0. The largest absolute Gasteiger partial charge is 0.352 e. The number of aryl methyl sites for hydroxylation is 1. The molecule has 1 aliphatic heterocycles. The van der Waals surface area contributed by atoms with Crippen LogP contribution < -0.4 is 10.6 Å². The van der Waals surface area contributed by atoms with Crippen molar-refractivity contribution in [1.29, 1.82) is 0 Å². The molecule has 0 unspecified atom stereocenters. The third-order valence-corrected chi connectivity index (χ3v) is 4.00. The minimum Gasteiger partial charge on any atom is -0.352 e. The van der Waals surface area contributed by atoms with Crippen molar-refractivity contribution >= 4 is 18.3 Å². The number of rotatable bonds is 4. The smallest absolute Gasteiger partial charge is 0.224 e. The van der Waals surface area contributed by atoms with E-state index in [-0.39, 0.29) is 18.3 Å². The molecule has 116 valence electrons. The highest BCUT2D eigenvalue weighted by molar-refractivity contribution is 5.85. The molecule has 0 fully saturated rings. The second-order valence-corrected chi connectivity index (χ2v) is 5.59. The van der Waals surface area contributed by atoms with Gasteiger partial charge in [0.15, 0.2) is 0 Å². The van der Waals surface area contributed by atoms with Crippen molar-refractivity contribution in [2.75, 3.05) is 0 Å². The highest BCUT2D eigenvalue weighted by Gasteiger charge is 2.10. The lowest BCUT2D eigenvalue weighted by molar-refractivity contribution is -0.120. The van der Waals surface area contributed by atoms with Gasteiger partial charge in [0.05, 0.1) is 6.42 Å². The predicted molar refractivity (Wildman–Crippen MR) is 91.0 cm³/mol. The first kappa shape index (κ1) is 16.5. The van der Waals surface area contributed by atoms with Crippen LogP contribution in [0.3, 0.4) is 0 Å². The van der Waals surface area contributed by atoms with Gasteiger partial charge in [-0.25, -0.2) is 0 Å². The molecule has 22 heavy (non-hydrogen) atoms. The van der Waals surface area contributed by atoms with Gasteiger partial charge in [-0.2, -0.15) is 0 Å². The lowest BCUT2D eigenvalue weighted by atomic mass is 10.0. The van der Waals surface area contributed by atoms with E-state index >= 15 is 0 Å². The molecule has 1 aliphatic rings. The summed E-state index contributed by atoms with van der Waals surface area (Å²) >= 11 is 0. The summed E-state index contributed by atoms with van der Waals surface area (Å²) in [6, 6.07) is 14.5. The zero-order valence-electron chi connectivity index (χ0n) is 12.7. The van der Waals surface area contributed by atoms with Gasteiger partial charge >= 0.3 is 0 Å². The van der Waals surface area contributed by atoms with Gasteiger partial charge in [0.25, 0.3) is 0 Å². The topological polar surface area (TPSA) is 41.1 Å². The standard InChI is InChI=1S/C18H20N2O.ClH/c1-13-4-2-3-5-15(13)9-18(21)20-10-14-6-7-16-11-19-12-17(16)8-14;/h2-8,19H,9-12H2,1H3,(H,20,21);1H. The highest BCUT2D eigenvalue weighted by Crippen LogP contribution is 2.17. The number of benzene rings is 2. The van der Waals surface area contributed by atoms with Gasteiger partial charge in [0.1, 0.15) is 0 Å². The lowest BCUT2D eigenvalue weighted by Gasteiger charge is -2.08. The molecule has 0 spiro atoms. The Morgan fingerprint density at radius 3 is 2.73 bits per heavy atom. The van der Waals surface area contributed by atoms with Gasteiger partial charge in [-0.15, -0.1) is 12.4 Å². The van der Waals surface area contributed by atoms with Crippen molar-refractivity contribution in [1.82, 2.24) is 10.6 Å². The van der Waals surface area contributed by atoms with Crippen LogP contribution in [0.4, 0.5) is 0 Å². The number of halogens is 1. The number of carbonyl (C=O) groups excluding carboxylic acids is 1. The van der Waals surface area contributed by atoms with Gasteiger partial charge < -0.3 is 10.6 Å². The number of hydrogen-bond acceptors (Lipinski definition) is 2. The Kier molecular flexibility index (Phi) is 5.58. The van der Waals surface area contributed by atoms with Gasteiger partial charge in [0.2, 0.25) is 5.91 Å². The van der Waals surface area contributed by atoms with Crippen molar-refractivity contribution in [2.24, 2.45) is 0 Å². The van der Waals surface area contributed by atoms with Gasteiger partial charge in [-0.1, -0.05) is 42.5 Å². The van der Waals surface area contributed by atoms with E-state index in [2.05, 4.69) is 28.8 Å². The molecule has 1 amide bonds. The molecular weight excluding hydrogens is 296 g/mol. The van der Waals surface area contributed by atoms with Crippen LogP contribution in [0.25, 0.3) is 0 Å². The summed E-state index contributed by atoms with van der Waals surface area (Å²) < 4.78 is 0. The maximum atomic E-state index is 12.0. The fraction of sp³-hybridized carbons (Fsp3) is 0.278. The normalized spacial score (nSPS) is 12.4. The minimum absolute atomic E-state index is 0. The van der Waals surface area contributed by atoms with E-state index in [0.29, 0.717) is 13.0 Å². The van der Waals surface area contributed by atoms with Crippen LogP contribution >= 0.6 is 12.4 Å². The fourth-order valence-corrected chi connectivity index (χ4v) is 2.70. The average Bonchev–Trinajstić information content (AvgIpc) is 2.95. The Hall–Kier alpha value is -1.84. The van der Waals surface area contributed by atoms with Gasteiger partial charge in [-0.3, -0.25) is 4.79 Å². The first-order valence-electron chi connectivity index (χ1n) is 7.35. The van der Waals surface area contributed by atoms with Gasteiger partial charge in [-0.05, 0) is 34.7 Å². The molecular formula is C18H21ClN2O. The molecule has 2 aromatic carbocycles. The van der Waals surface area contributed by atoms with Crippen molar-refractivity contribution in [3.8, 4) is 0 Å². The molecule has 0 atom stereocenters. The zero-order valence-corrected chi connectivity index (χ0v) is 13.5. The summed E-state index contributed by atoms with van der Waals surface area (Å²) in [5.41, 5.74) is 6.13. The Morgan fingerprint density at radius 2 is 1.91 bits per heavy atom. The van der Waals surface area contributed by atoms with Crippen LogP contribution in [-0.2, 0) is 30.8 Å². The number of hydrogen-bond donors (Lipinski definition) is 2. The molecule has 2 aromatic rings. The second-order valence-electron chi connectivity index (χ2n) is 5.59. The van der Waals surface area contributed by atoms with E-state index in [0.717, 1.165) is 29.8 Å². The van der Waals surface area contributed by atoms with Crippen LogP contribution in [0.2, 0.25) is 0 Å². The van der Waals surface area contributed by atoms with Gasteiger partial charge in [0, 0.05) is 19.6 Å². The van der Waals surface area contributed by atoms with E-state index in [4.69, 9.17) is 0 Å². The van der Waals surface area contributed by atoms with Crippen LogP contribution in [0.1, 0.15) is 27.8 Å². The molecule has 4 heteroatoms. The molecule has 0 saturated carbocycles. The third-order valence-electron chi connectivity index (χ3n) is 4.00. The molecule has 3 rings (SSSR count). The Bertz CT molecular complexity index is 670. The van der Waals surface area contributed by atoms with Crippen molar-refractivity contribution in [2.45, 2.75) is 33.0 Å². The fourth-order valence-electron chi connectivity index (χ4n) is 2.70. The molecule has 3 nitrogen and oxygen atoms in total. The maximum Gasteiger partial charge on any atom is 0.224 e. The number of nitrogens with one attached hydrogen (secondary N) is 2. The molecule has 0 aromatic heterocycles. The predicted octanol–water partition coefficient (Wildman–Crippen LogP) is 2.88. The summed E-state index contributed by atoms with van der Waals surface area (Å²) in [5.74, 6) is 0.0722. The summed E-state index contributed by atoms with van der Waals surface area (Å²) in [7, 11) is 0. The summed E-state index contributed by atoms with van der Waals surface area (Å²) in [6.45, 7) is 4.52. The molecule has 0 bridgehead atoms. The monoisotopic (exact) mass is 316 g/mol. The Morgan fingerprint density at radius 1 is 1.14 bits per heavy atom. The van der Waals surface area contributed by atoms with E-state index < -0.39 is 0 Å².